The van der Waals surface area contributed by atoms with E-state index < -0.39 is 29.2 Å². The number of methoxy groups -OCH3 is 2. The summed E-state index contributed by atoms with van der Waals surface area (Å²) in [6.45, 7) is 1.94. The maximum atomic E-state index is 14.8. The number of hydrogen-bond acceptors (Lipinski definition) is 6. The van der Waals surface area contributed by atoms with Crippen LogP contribution in [0.15, 0.2) is 91.0 Å². The Labute approximate surface area is 248 Å². The number of para-hydroxylation sites is 1. The van der Waals surface area contributed by atoms with Gasteiger partial charge < -0.3 is 14.4 Å². The Balaban J connectivity index is 1.58. The monoisotopic (exact) mass is 573 g/mol. The van der Waals surface area contributed by atoms with Crippen LogP contribution in [0, 0.1) is 18.2 Å². The average molecular weight is 574 g/mol. The minimum atomic E-state index is -1.71. The number of aryl methyl sites for hydroxylation is 1. The van der Waals surface area contributed by atoms with Crippen LogP contribution in [0.3, 0.4) is 0 Å². The molecule has 0 N–H and O–H groups in total. The molecule has 4 aromatic carbocycles. The van der Waals surface area contributed by atoms with Crippen molar-refractivity contribution in [1.82, 2.24) is 0 Å². The second-order valence-corrected chi connectivity index (χ2v) is 11.2. The summed E-state index contributed by atoms with van der Waals surface area (Å²) >= 11 is 0. The molecule has 3 atom stereocenters. The van der Waals surface area contributed by atoms with Gasteiger partial charge in [-0.2, -0.15) is 0 Å². The van der Waals surface area contributed by atoms with Gasteiger partial charge in [0.1, 0.15) is 17.3 Å². The molecule has 1 spiro atoms. The normalized spacial score (nSPS) is 21.0. The van der Waals surface area contributed by atoms with Crippen molar-refractivity contribution in [1.29, 1.82) is 0 Å². The molecule has 7 rings (SSSR count). The van der Waals surface area contributed by atoms with Gasteiger partial charge in [0, 0.05) is 39.4 Å². The first kappa shape index (κ1) is 26.8. The maximum Gasteiger partial charge on any atom is 0.185 e. The fraction of sp³-hybridized carbons (Fsp3) is 0.194. The summed E-state index contributed by atoms with van der Waals surface area (Å²) in [6, 6.07) is 21.8. The van der Waals surface area contributed by atoms with Crippen molar-refractivity contribution in [2.45, 2.75) is 24.9 Å². The van der Waals surface area contributed by atoms with Crippen LogP contribution in [0.5, 0.6) is 11.5 Å². The lowest BCUT2D eigenvalue weighted by Gasteiger charge is -2.37. The highest BCUT2D eigenvalue weighted by Gasteiger charge is 2.72. The number of carbonyl (C=O) groups excluding carboxylic acids is 3. The van der Waals surface area contributed by atoms with Gasteiger partial charge in [-0.3, -0.25) is 14.4 Å². The quantitative estimate of drug-likeness (QED) is 0.201. The fourth-order valence-electron chi connectivity index (χ4n) is 7.34. The van der Waals surface area contributed by atoms with Crippen LogP contribution in [0.25, 0.3) is 6.08 Å². The predicted octanol–water partition coefficient (Wildman–Crippen LogP) is 6.47. The minimum Gasteiger partial charge on any atom is -0.493 e. The van der Waals surface area contributed by atoms with Gasteiger partial charge in [0.2, 0.25) is 0 Å². The van der Waals surface area contributed by atoms with Crippen molar-refractivity contribution in [3.8, 4) is 11.5 Å². The zero-order chi connectivity index (χ0) is 30.0. The first-order chi connectivity index (χ1) is 20.8. The molecule has 1 saturated heterocycles. The van der Waals surface area contributed by atoms with Crippen molar-refractivity contribution in [3.05, 3.63) is 130 Å². The van der Waals surface area contributed by atoms with Gasteiger partial charge in [0.05, 0.1) is 20.3 Å². The van der Waals surface area contributed by atoms with Gasteiger partial charge in [-0.05, 0) is 31.2 Å². The molecule has 0 aromatic heterocycles. The lowest BCUT2D eigenvalue weighted by Crippen LogP contribution is -2.48. The number of ether oxygens (including phenoxy) is 2. The highest BCUT2D eigenvalue weighted by atomic mass is 19.1. The predicted molar refractivity (Wildman–Crippen MR) is 161 cm³/mol. The summed E-state index contributed by atoms with van der Waals surface area (Å²) in [5, 5.41) is 0. The Morgan fingerprint density at radius 1 is 0.860 bits per heavy atom. The third-order valence-corrected chi connectivity index (χ3v) is 9.14. The number of hydrogen-bond donors (Lipinski definition) is 0. The molecule has 0 bridgehead atoms. The largest absolute Gasteiger partial charge is 0.493 e. The number of nitrogens with zero attached hydrogens (tertiary/aromatic N) is 1. The van der Waals surface area contributed by atoms with E-state index in [1.807, 2.05) is 24.0 Å². The molecule has 7 heteroatoms. The van der Waals surface area contributed by atoms with E-state index in [1.54, 1.807) is 72.8 Å². The molecule has 0 radical (unpaired) electrons. The molecule has 0 amide bonds. The molecule has 4 aromatic rings. The maximum absolute atomic E-state index is 14.8. The molecule has 0 saturated carbocycles. The van der Waals surface area contributed by atoms with Gasteiger partial charge in [0.25, 0.3) is 0 Å². The van der Waals surface area contributed by atoms with Crippen molar-refractivity contribution in [3.63, 3.8) is 0 Å². The number of fused-ring (bicyclic) bond motifs is 5. The van der Waals surface area contributed by atoms with Crippen LogP contribution < -0.4 is 14.4 Å². The van der Waals surface area contributed by atoms with E-state index in [2.05, 4.69) is 0 Å². The van der Waals surface area contributed by atoms with Crippen molar-refractivity contribution >= 4 is 29.1 Å². The zero-order valence-corrected chi connectivity index (χ0v) is 23.8. The summed E-state index contributed by atoms with van der Waals surface area (Å²) < 4.78 is 26.0. The van der Waals surface area contributed by atoms with Crippen LogP contribution in [0.1, 0.15) is 53.7 Å². The first-order valence-corrected chi connectivity index (χ1v) is 14.1. The Morgan fingerprint density at radius 3 is 2.21 bits per heavy atom. The molecule has 43 heavy (non-hydrogen) atoms. The van der Waals surface area contributed by atoms with Gasteiger partial charge in [-0.25, -0.2) is 4.39 Å². The van der Waals surface area contributed by atoms with E-state index in [1.165, 1.54) is 26.4 Å². The van der Waals surface area contributed by atoms with Crippen LogP contribution in [-0.2, 0) is 0 Å². The SMILES string of the molecule is COc1cccc([C@H]2[C@H](C(=O)c3ccc(C)cc3)N3c4ccc(F)cc4C=CC3C23C(=O)c2ccccc2C3=O)c1OC. The molecule has 2 heterocycles. The van der Waals surface area contributed by atoms with Crippen LogP contribution in [-0.4, -0.2) is 43.7 Å². The average Bonchev–Trinajstić information content (AvgIpc) is 3.46. The van der Waals surface area contributed by atoms with Crippen LogP contribution in [0.4, 0.5) is 10.1 Å². The zero-order valence-electron chi connectivity index (χ0n) is 23.8. The highest BCUT2D eigenvalue weighted by Crippen LogP contribution is 2.62. The summed E-state index contributed by atoms with van der Waals surface area (Å²) in [5.41, 5.74) is 1.99. The number of benzene rings is 4. The summed E-state index contributed by atoms with van der Waals surface area (Å²) in [4.78, 5) is 46.3. The van der Waals surface area contributed by atoms with E-state index in [-0.39, 0.29) is 17.3 Å². The molecule has 1 fully saturated rings. The number of Topliss-reactive ketones (excluding diaryl/α,β-unsaturated/α-hetero) is 3. The number of halogens is 1. The van der Waals surface area contributed by atoms with E-state index in [0.717, 1.165) is 5.56 Å². The standard InChI is InChI=1S/C36H28FNO5/c1-20-11-13-21(14-12-20)32(39)31-30(26-9-6-10-28(42-2)33(26)43-3)36(34(40)24-7-4-5-8-25(24)35(36)41)29-18-15-22-19-23(37)16-17-27(22)38(29)31/h4-19,29-31H,1-3H3/t29?,30-,31+/m0/s1. The fourth-order valence-corrected chi connectivity index (χ4v) is 7.34. The molecule has 1 aliphatic carbocycles. The number of carbonyl (C=O) groups is 3. The molecule has 1 unspecified atom stereocenters. The van der Waals surface area contributed by atoms with E-state index >= 15 is 0 Å². The van der Waals surface area contributed by atoms with Gasteiger partial charge >= 0.3 is 0 Å². The first-order valence-electron chi connectivity index (χ1n) is 14.1. The number of ketones is 3. The minimum absolute atomic E-state index is 0.265. The summed E-state index contributed by atoms with van der Waals surface area (Å²) in [6.07, 6.45) is 3.51. The van der Waals surface area contributed by atoms with Gasteiger partial charge in [0.15, 0.2) is 28.8 Å². The molecule has 3 aliphatic rings. The van der Waals surface area contributed by atoms with Gasteiger partial charge in [-0.1, -0.05) is 78.4 Å². The second-order valence-electron chi connectivity index (χ2n) is 11.2. The van der Waals surface area contributed by atoms with Crippen molar-refractivity contribution in [2.24, 2.45) is 5.41 Å². The Morgan fingerprint density at radius 2 is 1.56 bits per heavy atom. The molecular weight excluding hydrogens is 545 g/mol. The van der Waals surface area contributed by atoms with Crippen LogP contribution >= 0.6 is 0 Å². The summed E-state index contributed by atoms with van der Waals surface area (Å²) in [5.74, 6) is -1.63. The lowest BCUT2D eigenvalue weighted by molar-refractivity contribution is 0.0664. The molecule has 214 valence electrons. The van der Waals surface area contributed by atoms with Crippen molar-refractivity contribution in [2.75, 3.05) is 19.1 Å². The van der Waals surface area contributed by atoms with E-state index in [4.69, 9.17) is 9.47 Å². The molecule has 2 aliphatic heterocycles. The highest BCUT2D eigenvalue weighted by molar-refractivity contribution is 6.32. The smallest absolute Gasteiger partial charge is 0.185 e. The van der Waals surface area contributed by atoms with Crippen LogP contribution in [0.2, 0.25) is 0 Å². The summed E-state index contributed by atoms with van der Waals surface area (Å²) in [7, 11) is 3.01. The third kappa shape index (κ3) is 3.60. The Bertz CT molecular complexity index is 1830. The van der Waals surface area contributed by atoms with Gasteiger partial charge in [-0.15, -0.1) is 0 Å². The van der Waals surface area contributed by atoms with E-state index in [0.29, 0.717) is 45.0 Å². The Hall–Kier alpha value is -5.04. The molecular formula is C36H28FNO5. The lowest BCUT2D eigenvalue weighted by atomic mass is 9.64. The Kier molecular flexibility index (Phi) is 6.09. The topological polar surface area (TPSA) is 72.9 Å². The number of rotatable bonds is 5. The van der Waals surface area contributed by atoms with Crippen molar-refractivity contribution < 1.29 is 28.2 Å². The van der Waals surface area contributed by atoms with E-state index in [9.17, 15) is 18.8 Å². The third-order valence-electron chi connectivity index (χ3n) is 9.14. The second kappa shape index (κ2) is 9.76. The molecule has 6 nitrogen and oxygen atoms in total. The number of anilines is 1.